The van der Waals surface area contributed by atoms with E-state index < -0.39 is 0 Å². The van der Waals surface area contributed by atoms with E-state index in [1.54, 1.807) is 4.90 Å². The van der Waals surface area contributed by atoms with Gasteiger partial charge in [0.05, 0.1) is 12.6 Å². The average Bonchev–Trinajstić information content (AvgIpc) is 2.55. The van der Waals surface area contributed by atoms with Gasteiger partial charge in [-0.1, -0.05) is 31.2 Å². The maximum Gasteiger partial charge on any atom is 0.317 e. The number of rotatable bonds is 5. The molecule has 116 valence electrons. The molecule has 0 saturated carbocycles. The molecule has 1 fully saturated rings. The Morgan fingerprint density at radius 1 is 1.29 bits per heavy atom. The molecule has 1 aromatic carbocycles. The lowest BCUT2D eigenvalue weighted by atomic mass is 10.0. The number of urea groups is 1. The number of benzene rings is 1. The summed E-state index contributed by atoms with van der Waals surface area (Å²) >= 11 is 0. The second kappa shape index (κ2) is 8.03. The summed E-state index contributed by atoms with van der Waals surface area (Å²) in [6.07, 6.45) is 4.92. The first-order valence-corrected chi connectivity index (χ1v) is 7.97. The van der Waals surface area contributed by atoms with Crippen molar-refractivity contribution in [2.75, 3.05) is 19.7 Å². The molecule has 2 rings (SSSR count). The SMILES string of the molecule is CCc1ccc(CCNC(=O)N2CCCC[C@@H]2CO)cc1. The number of aliphatic hydroxyl groups is 1. The fraction of sp³-hybridized carbons (Fsp3) is 0.588. The third kappa shape index (κ3) is 4.46. The van der Waals surface area contributed by atoms with E-state index in [-0.39, 0.29) is 18.7 Å². The number of carbonyl (C=O) groups excluding carboxylic acids is 1. The van der Waals surface area contributed by atoms with Crippen LogP contribution in [0.3, 0.4) is 0 Å². The molecule has 4 heteroatoms. The van der Waals surface area contributed by atoms with Gasteiger partial charge in [0.2, 0.25) is 0 Å². The monoisotopic (exact) mass is 290 g/mol. The Morgan fingerprint density at radius 3 is 2.67 bits per heavy atom. The van der Waals surface area contributed by atoms with Gasteiger partial charge < -0.3 is 15.3 Å². The van der Waals surface area contributed by atoms with Gasteiger partial charge in [-0.2, -0.15) is 0 Å². The third-order valence-electron chi connectivity index (χ3n) is 4.22. The molecule has 0 spiro atoms. The maximum atomic E-state index is 12.2. The standard InChI is InChI=1S/C17H26N2O2/c1-2-14-6-8-15(9-7-14)10-11-18-17(21)19-12-4-3-5-16(19)13-20/h6-9,16,20H,2-5,10-13H2,1H3,(H,18,21)/t16-/m1/s1. The highest BCUT2D eigenvalue weighted by Gasteiger charge is 2.25. The van der Waals surface area contributed by atoms with Crippen molar-refractivity contribution in [2.45, 2.75) is 45.1 Å². The highest BCUT2D eigenvalue weighted by Crippen LogP contribution is 2.16. The summed E-state index contributed by atoms with van der Waals surface area (Å²) in [6.45, 7) is 3.60. The summed E-state index contributed by atoms with van der Waals surface area (Å²) in [5.74, 6) is 0. The number of hydrogen-bond acceptors (Lipinski definition) is 2. The van der Waals surface area contributed by atoms with Crippen molar-refractivity contribution >= 4 is 6.03 Å². The Hall–Kier alpha value is -1.55. The molecule has 1 saturated heterocycles. The first-order valence-electron chi connectivity index (χ1n) is 7.97. The van der Waals surface area contributed by atoms with Crippen LogP contribution in [0.15, 0.2) is 24.3 Å². The van der Waals surface area contributed by atoms with Crippen molar-refractivity contribution in [1.29, 1.82) is 0 Å². The Labute approximate surface area is 127 Å². The predicted octanol–water partition coefficient (Wildman–Crippen LogP) is 2.35. The lowest BCUT2D eigenvalue weighted by Gasteiger charge is -2.34. The molecule has 0 radical (unpaired) electrons. The fourth-order valence-corrected chi connectivity index (χ4v) is 2.81. The van der Waals surface area contributed by atoms with Crippen molar-refractivity contribution in [2.24, 2.45) is 0 Å². The van der Waals surface area contributed by atoms with Gasteiger partial charge in [0.25, 0.3) is 0 Å². The molecule has 1 aromatic rings. The number of amides is 2. The smallest absolute Gasteiger partial charge is 0.317 e. The molecule has 1 atom stereocenters. The number of carbonyl (C=O) groups is 1. The van der Waals surface area contributed by atoms with Crippen molar-refractivity contribution in [3.63, 3.8) is 0 Å². The molecule has 0 aliphatic carbocycles. The molecule has 2 N–H and O–H groups in total. The zero-order valence-electron chi connectivity index (χ0n) is 12.8. The van der Waals surface area contributed by atoms with Crippen LogP contribution in [0.2, 0.25) is 0 Å². The minimum Gasteiger partial charge on any atom is -0.394 e. The Kier molecular flexibility index (Phi) is 6.05. The number of aliphatic hydroxyl groups excluding tert-OH is 1. The fourth-order valence-electron chi connectivity index (χ4n) is 2.81. The minimum atomic E-state index is -0.0427. The normalized spacial score (nSPS) is 18.6. The van der Waals surface area contributed by atoms with Crippen LogP contribution in [0.5, 0.6) is 0 Å². The summed E-state index contributed by atoms with van der Waals surface area (Å²) in [5.41, 5.74) is 2.58. The van der Waals surface area contributed by atoms with Crippen molar-refractivity contribution < 1.29 is 9.90 Å². The number of piperidine rings is 1. The molecule has 1 aliphatic heterocycles. The van der Waals surface area contributed by atoms with Gasteiger partial charge >= 0.3 is 6.03 Å². The van der Waals surface area contributed by atoms with E-state index in [0.717, 1.165) is 38.6 Å². The Balaban J connectivity index is 1.77. The summed E-state index contributed by atoms with van der Waals surface area (Å²) < 4.78 is 0. The van der Waals surface area contributed by atoms with Crippen LogP contribution in [0.25, 0.3) is 0 Å². The zero-order valence-corrected chi connectivity index (χ0v) is 12.8. The first-order chi connectivity index (χ1) is 10.2. The summed E-state index contributed by atoms with van der Waals surface area (Å²) in [5, 5.41) is 12.3. The van der Waals surface area contributed by atoms with Gasteiger partial charge in [0.15, 0.2) is 0 Å². The quantitative estimate of drug-likeness (QED) is 0.874. The summed E-state index contributed by atoms with van der Waals surface area (Å²) in [4.78, 5) is 13.9. The molecule has 2 amide bonds. The molecule has 21 heavy (non-hydrogen) atoms. The van der Waals surface area contributed by atoms with Crippen LogP contribution in [0.4, 0.5) is 4.79 Å². The lowest BCUT2D eigenvalue weighted by molar-refractivity contribution is 0.108. The molecule has 0 unspecified atom stereocenters. The van der Waals surface area contributed by atoms with Gasteiger partial charge in [0.1, 0.15) is 0 Å². The average molecular weight is 290 g/mol. The van der Waals surface area contributed by atoms with Gasteiger partial charge in [-0.15, -0.1) is 0 Å². The minimum absolute atomic E-state index is 0.0115. The maximum absolute atomic E-state index is 12.2. The van der Waals surface area contributed by atoms with Gasteiger partial charge in [-0.05, 0) is 43.2 Å². The van der Waals surface area contributed by atoms with Crippen molar-refractivity contribution in [3.8, 4) is 0 Å². The Bertz CT molecular complexity index is 445. The van der Waals surface area contributed by atoms with Crippen LogP contribution in [0, 0.1) is 0 Å². The first kappa shape index (κ1) is 15.8. The van der Waals surface area contributed by atoms with Gasteiger partial charge in [-0.25, -0.2) is 4.79 Å². The number of nitrogens with zero attached hydrogens (tertiary/aromatic N) is 1. The highest BCUT2D eigenvalue weighted by molar-refractivity contribution is 5.74. The van der Waals surface area contributed by atoms with E-state index in [1.807, 2.05) is 0 Å². The van der Waals surface area contributed by atoms with Gasteiger partial charge in [0, 0.05) is 13.1 Å². The molecule has 0 bridgehead atoms. The van der Waals surface area contributed by atoms with Crippen LogP contribution in [-0.4, -0.2) is 41.8 Å². The molecule has 4 nitrogen and oxygen atoms in total. The number of hydrogen-bond donors (Lipinski definition) is 2. The molecule has 0 aromatic heterocycles. The zero-order chi connectivity index (χ0) is 15.1. The second-order valence-corrected chi connectivity index (χ2v) is 5.68. The van der Waals surface area contributed by atoms with Crippen LogP contribution in [-0.2, 0) is 12.8 Å². The van der Waals surface area contributed by atoms with E-state index >= 15 is 0 Å². The van der Waals surface area contributed by atoms with E-state index in [1.165, 1.54) is 11.1 Å². The van der Waals surface area contributed by atoms with Crippen LogP contribution in [0.1, 0.15) is 37.3 Å². The predicted molar refractivity (Wildman–Crippen MR) is 84.4 cm³/mol. The highest BCUT2D eigenvalue weighted by atomic mass is 16.3. The van der Waals surface area contributed by atoms with E-state index in [0.29, 0.717) is 6.54 Å². The number of aryl methyl sites for hydroxylation is 1. The summed E-state index contributed by atoms with van der Waals surface area (Å²) in [6, 6.07) is 8.49. The van der Waals surface area contributed by atoms with E-state index in [4.69, 9.17) is 0 Å². The molecule has 1 aliphatic rings. The topological polar surface area (TPSA) is 52.6 Å². The van der Waals surface area contributed by atoms with Crippen LogP contribution < -0.4 is 5.32 Å². The molecular weight excluding hydrogens is 264 g/mol. The third-order valence-corrected chi connectivity index (χ3v) is 4.22. The van der Waals surface area contributed by atoms with E-state index in [9.17, 15) is 9.90 Å². The molecule has 1 heterocycles. The van der Waals surface area contributed by atoms with Gasteiger partial charge in [-0.3, -0.25) is 0 Å². The van der Waals surface area contributed by atoms with Crippen LogP contribution >= 0.6 is 0 Å². The van der Waals surface area contributed by atoms with Crippen molar-refractivity contribution in [1.82, 2.24) is 10.2 Å². The number of likely N-dealkylation sites (tertiary alicyclic amines) is 1. The Morgan fingerprint density at radius 2 is 2.00 bits per heavy atom. The largest absolute Gasteiger partial charge is 0.394 e. The number of nitrogens with one attached hydrogen (secondary N) is 1. The van der Waals surface area contributed by atoms with E-state index in [2.05, 4.69) is 36.5 Å². The lowest BCUT2D eigenvalue weighted by Crippen LogP contribution is -2.50. The summed E-state index contributed by atoms with van der Waals surface area (Å²) in [7, 11) is 0. The molecular formula is C17H26N2O2. The second-order valence-electron chi connectivity index (χ2n) is 5.68. The van der Waals surface area contributed by atoms with Crippen molar-refractivity contribution in [3.05, 3.63) is 35.4 Å².